The summed E-state index contributed by atoms with van der Waals surface area (Å²) in [6, 6.07) is 15.0. The van der Waals surface area contributed by atoms with Gasteiger partial charge in [0.05, 0.1) is 11.6 Å². The molecule has 94 valence electrons. The van der Waals surface area contributed by atoms with E-state index in [2.05, 4.69) is 59.3 Å². The van der Waals surface area contributed by atoms with Gasteiger partial charge in [-0.1, -0.05) is 37.3 Å². The quantitative estimate of drug-likeness (QED) is 0.801. The van der Waals surface area contributed by atoms with Gasteiger partial charge in [0.25, 0.3) is 0 Å². The van der Waals surface area contributed by atoms with Crippen LogP contribution in [0.2, 0.25) is 0 Å². The highest BCUT2D eigenvalue weighted by Gasteiger charge is 2.02. The highest BCUT2D eigenvalue weighted by molar-refractivity contribution is 9.10. The monoisotopic (exact) mass is 304 g/mol. The van der Waals surface area contributed by atoms with Crippen molar-refractivity contribution >= 4 is 15.9 Å². The van der Waals surface area contributed by atoms with E-state index in [4.69, 9.17) is 4.74 Å². The van der Waals surface area contributed by atoms with Crippen LogP contribution in [-0.2, 0) is 12.8 Å². The summed E-state index contributed by atoms with van der Waals surface area (Å²) in [5.74, 6) is 0.875. The van der Waals surface area contributed by atoms with Crippen molar-refractivity contribution in [2.24, 2.45) is 0 Å². The van der Waals surface area contributed by atoms with Crippen molar-refractivity contribution < 1.29 is 4.74 Å². The Labute approximate surface area is 117 Å². The van der Waals surface area contributed by atoms with E-state index in [0.29, 0.717) is 0 Å². The number of aryl methyl sites for hydroxylation is 1. The standard InChI is InChI=1S/C16H17BrO/c1-3-12-4-6-13(7-5-12)10-14-8-9-16(18-2)15(17)11-14/h4-9,11H,3,10H2,1-2H3. The van der Waals surface area contributed by atoms with Crippen molar-refractivity contribution in [3.63, 3.8) is 0 Å². The zero-order valence-electron chi connectivity index (χ0n) is 10.7. The van der Waals surface area contributed by atoms with Crippen molar-refractivity contribution in [2.45, 2.75) is 19.8 Å². The van der Waals surface area contributed by atoms with E-state index < -0.39 is 0 Å². The van der Waals surface area contributed by atoms with Crippen LogP contribution in [0.5, 0.6) is 5.75 Å². The van der Waals surface area contributed by atoms with Crippen LogP contribution in [0.15, 0.2) is 46.9 Å². The van der Waals surface area contributed by atoms with Gasteiger partial charge in [0.2, 0.25) is 0 Å². The molecule has 0 bridgehead atoms. The number of hydrogen-bond acceptors (Lipinski definition) is 1. The zero-order valence-corrected chi connectivity index (χ0v) is 12.3. The molecule has 0 radical (unpaired) electrons. The van der Waals surface area contributed by atoms with E-state index in [1.165, 1.54) is 16.7 Å². The predicted octanol–water partition coefficient (Wildman–Crippen LogP) is 4.61. The van der Waals surface area contributed by atoms with Crippen LogP contribution in [0.4, 0.5) is 0 Å². The molecule has 2 aromatic carbocycles. The number of ether oxygens (including phenoxy) is 1. The molecule has 0 spiro atoms. The first-order valence-electron chi connectivity index (χ1n) is 6.13. The average Bonchev–Trinajstić information content (AvgIpc) is 2.40. The molecule has 0 unspecified atom stereocenters. The summed E-state index contributed by atoms with van der Waals surface area (Å²) < 4.78 is 6.24. The zero-order chi connectivity index (χ0) is 13.0. The lowest BCUT2D eigenvalue weighted by Gasteiger charge is -2.07. The van der Waals surface area contributed by atoms with Gasteiger partial charge in [-0.25, -0.2) is 0 Å². The van der Waals surface area contributed by atoms with Gasteiger partial charge in [-0.3, -0.25) is 0 Å². The Morgan fingerprint density at radius 2 is 1.56 bits per heavy atom. The van der Waals surface area contributed by atoms with Crippen molar-refractivity contribution in [3.05, 3.63) is 63.6 Å². The maximum atomic E-state index is 5.23. The summed E-state index contributed by atoms with van der Waals surface area (Å²) in [6.07, 6.45) is 2.04. The molecule has 0 saturated heterocycles. The van der Waals surface area contributed by atoms with E-state index in [1.807, 2.05) is 6.07 Å². The van der Waals surface area contributed by atoms with Crippen LogP contribution in [0, 0.1) is 0 Å². The summed E-state index contributed by atoms with van der Waals surface area (Å²) in [7, 11) is 1.68. The van der Waals surface area contributed by atoms with E-state index in [0.717, 1.165) is 23.1 Å². The number of methoxy groups -OCH3 is 1. The number of rotatable bonds is 4. The maximum absolute atomic E-state index is 5.23. The first kappa shape index (κ1) is 13.2. The lowest BCUT2D eigenvalue weighted by molar-refractivity contribution is 0.412. The second kappa shape index (κ2) is 6.05. The molecule has 0 N–H and O–H groups in total. The maximum Gasteiger partial charge on any atom is 0.133 e. The Bertz CT molecular complexity index is 517. The third kappa shape index (κ3) is 3.14. The summed E-state index contributed by atoms with van der Waals surface area (Å²) in [6.45, 7) is 2.18. The lowest BCUT2D eigenvalue weighted by Crippen LogP contribution is -1.91. The fraction of sp³-hybridized carbons (Fsp3) is 0.250. The highest BCUT2D eigenvalue weighted by Crippen LogP contribution is 2.26. The molecule has 0 aliphatic heterocycles. The molecule has 18 heavy (non-hydrogen) atoms. The molecular formula is C16H17BrO. The van der Waals surface area contributed by atoms with Gasteiger partial charge < -0.3 is 4.74 Å². The molecule has 2 rings (SSSR count). The van der Waals surface area contributed by atoms with Crippen molar-refractivity contribution in [3.8, 4) is 5.75 Å². The number of hydrogen-bond donors (Lipinski definition) is 0. The summed E-state index contributed by atoms with van der Waals surface area (Å²) in [5, 5.41) is 0. The molecule has 0 aliphatic carbocycles. The number of benzene rings is 2. The topological polar surface area (TPSA) is 9.23 Å². The van der Waals surface area contributed by atoms with Crippen LogP contribution in [0.3, 0.4) is 0 Å². The van der Waals surface area contributed by atoms with Gasteiger partial charge in [0, 0.05) is 0 Å². The molecule has 0 aromatic heterocycles. The largest absolute Gasteiger partial charge is 0.496 e. The normalized spacial score (nSPS) is 10.4. The Balaban J connectivity index is 2.15. The first-order chi connectivity index (χ1) is 8.72. The average molecular weight is 305 g/mol. The van der Waals surface area contributed by atoms with Gasteiger partial charge in [0.1, 0.15) is 5.75 Å². The Morgan fingerprint density at radius 1 is 0.944 bits per heavy atom. The van der Waals surface area contributed by atoms with Gasteiger partial charge in [-0.2, -0.15) is 0 Å². The SMILES string of the molecule is CCc1ccc(Cc2ccc(OC)c(Br)c2)cc1. The molecule has 0 aliphatic rings. The molecule has 2 aromatic rings. The molecule has 0 fully saturated rings. The fourth-order valence-electron chi connectivity index (χ4n) is 1.95. The van der Waals surface area contributed by atoms with E-state index in [1.54, 1.807) is 7.11 Å². The van der Waals surface area contributed by atoms with Crippen LogP contribution >= 0.6 is 15.9 Å². The second-order valence-corrected chi connectivity index (χ2v) is 5.17. The van der Waals surface area contributed by atoms with Crippen molar-refractivity contribution in [1.82, 2.24) is 0 Å². The molecule has 0 amide bonds. The Hall–Kier alpha value is -1.28. The van der Waals surface area contributed by atoms with Gasteiger partial charge in [-0.15, -0.1) is 0 Å². The third-order valence-corrected chi connectivity index (χ3v) is 3.68. The summed E-state index contributed by atoms with van der Waals surface area (Å²) >= 11 is 3.52. The minimum atomic E-state index is 0.875. The second-order valence-electron chi connectivity index (χ2n) is 4.32. The molecule has 1 nitrogen and oxygen atoms in total. The van der Waals surface area contributed by atoms with Crippen LogP contribution in [0.25, 0.3) is 0 Å². The highest BCUT2D eigenvalue weighted by atomic mass is 79.9. The van der Waals surface area contributed by atoms with Gasteiger partial charge >= 0.3 is 0 Å². The van der Waals surface area contributed by atoms with Crippen molar-refractivity contribution in [1.29, 1.82) is 0 Å². The minimum absolute atomic E-state index is 0.875. The van der Waals surface area contributed by atoms with E-state index in [9.17, 15) is 0 Å². The van der Waals surface area contributed by atoms with Gasteiger partial charge in [0.15, 0.2) is 0 Å². The summed E-state index contributed by atoms with van der Waals surface area (Å²) in [4.78, 5) is 0. The molecular weight excluding hydrogens is 288 g/mol. The van der Waals surface area contributed by atoms with E-state index >= 15 is 0 Å². The Kier molecular flexibility index (Phi) is 4.43. The summed E-state index contributed by atoms with van der Waals surface area (Å²) in [5.41, 5.74) is 4.01. The van der Waals surface area contributed by atoms with Crippen LogP contribution < -0.4 is 4.74 Å². The minimum Gasteiger partial charge on any atom is -0.496 e. The Morgan fingerprint density at radius 3 is 2.11 bits per heavy atom. The van der Waals surface area contributed by atoms with Crippen molar-refractivity contribution in [2.75, 3.05) is 7.11 Å². The molecule has 2 heteroatoms. The first-order valence-corrected chi connectivity index (χ1v) is 6.92. The smallest absolute Gasteiger partial charge is 0.133 e. The predicted molar refractivity (Wildman–Crippen MR) is 79.3 cm³/mol. The number of halogens is 1. The molecule has 0 heterocycles. The van der Waals surface area contributed by atoms with E-state index in [-0.39, 0.29) is 0 Å². The molecule has 0 atom stereocenters. The van der Waals surface area contributed by atoms with Crippen LogP contribution in [-0.4, -0.2) is 7.11 Å². The van der Waals surface area contributed by atoms with Crippen LogP contribution in [0.1, 0.15) is 23.6 Å². The van der Waals surface area contributed by atoms with Gasteiger partial charge in [-0.05, 0) is 57.6 Å². The molecule has 0 saturated carbocycles. The lowest BCUT2D eigenvalue weighted by atomic mass is 10.0. The third-order valence-electron chi connectivity index (χ3n) is 3.06. The fourth-order valence-corrected chi connectivity index (χ4v) is 2.54.